The van der Waals surface area contributed by atoms with Crippen molar-refractivity contribution >= 4 is 28.1 Å². The molecule has 0 radical (unpaired) electrons. The topological polar surface area (TPSA) is 30.2 Å². The fourth-order valence-corrected chi connectivity index (χ4v) is 2.34. The van der Waals surface area contributed by atoms with Crippen LogP contribution in [-0.4, -0.2) is 14.4 Å². The summed E-state index contributed by atoms with van der Waals surface area (Å²) in [7, 11) is 0. The Morgan fingerprint density at radius 1 is 1.06 bits per heavy atom. The molecule has 0 aliphatic rings. The largest absolute Gasteiger partial charge is 0.297 e. The zero-order valence-electron chi connectivity index (χ0n) is 8.34. The van der Waals surface area contributed by atoms with Crippen LogP contribution < -0.4 is 0 Å². The summed E-state index contributed by atoms with van der Waals surface area (Å²) in [6.07, 6.45) is 3.79. The second-order valence-corrected chi connectivity index (χ2v) is 4.42. The molecule has 0 fully saturated rings. The summed E-state index contributed by atoms with van der Waals surface area (Å²) in [4.78, 5) is 8.87. The third-order valence-electron chi connectivity index (χ3n) is 2.40. The van der Waals surface area contributed by atoms with E-state index in [4.69, 9.17) is 0 Å². The Hall–Kier alpha value is -1.43. The molecule has 78 valence electrons. The van der Waals surface area contributed by atoms with Crippen molar-refractivity contribution < 1.29 is 0 Å². The van der Waals surface area contributed by atoms with E-state index in [2.05, 4.69) is 43.0 Å². The predicted octanol–water partition coefficient (Wildman–Crippen LogP) is 3.00. The van der Waals surface area contributed by atoms with Crippen molar-refractivity contribution in [3.63, 3.8) is 0 Å². The Morgan fingerprint density at radius 3 is 2.75 bits per heavy atom. The standard InChI is InChI=1S/C12H8IN3/c13-11-10-6-2-4-8-16(10)12(15-11)9-5-1-3-7-14-9/h1-8H. The Kier molecular flexibility index (Phi) is 2.36. The molecule has 0 saturated carbocycles. The molecule has 0 atom stereocenters. The molecule has 3 aromatic rings. The summed E-state index contributed by atoms with van der Waals surface area (Å²) in [6.45, 7) is 0. The number of hydrogen-bond donors (Lipinski definition) is 0. The lowest BCUT2D eigenvalue weighted by Gasteiger charge is -1.98. The van der Waals surface area contributed by atoms with Gasteiger partial charge < -0.3 is 0 Å². The zero-order chi connectivity index (χ0) is 11.0. The molecule has 0 amide bonds. The van der Waals surface area contributed by atoms with Crippen molar-refractivity contribution in [1.29, 1.82) is 0 Å². The third-order valence-corrected chi connectivity index (χ3v) is 3.19. The van der Waals surface area contributed by atoms with Gasteiger partial charge in [-0.15, -0.1) is 0 Å². The van der Waals surface area contributed by atoms with Crippen LogP contribution in [0.25, 0.3) is 17.0 Å². The van der Waals surface area contributed by atoms with Crippen molar-refractivity contribution in [1.82, 2.24) is 14.4 Å². The van der Waals surface area contributed by atoms with E-state index >= 15 is 0 Å². The fourth-order valence-electron chi connectivity index (χ4n) is 1.68. The summed E-state index contributed by atoms with van der Waals surface area (Å²) in [5.41, 5.74) is 2.01. The smallest absolute Gasteiger partial charge is 0.164 e. The molecule has 3 rings (SSSR count). The van der Waals surface area contributed by atoms with Crippen LogP contribution in [0.1, 0.15) is 0 Å². The Morgan fingerprint density at radius 2 is 1.94 bits per heavy atom. The molecule has 0 aliphatic carbocycles. The normalized spacial score (nSPS) is 10.8. The Labute approximate surface area is 106 Å². The van der Waals surface area contributed by atoms with Crippen molar-refractivity contribution in [2.45, 2.75) is 0 Å². The predicted molar refractivity (Wildman–Crippen MR) is 71.1 cm³/mol. The molecule has 0 saturated heterocycles. The van der Waals surface area contributed by atoms with Gasteiger partial charge in [-0.05, 0) is 46.9 Å². The molecule has 0 unspecified atom stereocenters. The molecule has 4 heteroatoms. The van der Waals surface area contributed by atoms with Crippen molar-refractivity contribution in [2.75, 3.05) is 0 Å². The Bertz CT molecular complexity index is 631. The van der Waals surface area contributed by atoms with Crippen LogP contribution in [0.2, 0.25) is 0 Å². The van der Waals surface area contributed by atoms with Gasteiger partial charge >= 0.3 is 0 Å². The molecule has 0 spiro atoms. The highest BCUT2D eigenvalue weighted by atomic mass is 127. The van der Waals surface area contributed by atoms with Crippen LogP contribution in [0.3, 0.4) is 0 Å². The SMILES string of the molecule is Ic1nc(-c2ccccn2)n2ccccc12. The minimum absolute atomic E-state index is 0.889. The first-order valence-electron chi connectivity index (χ1n) is 4.90. The average Bonchev–Trinajstić information content (AvgIpc) is 2.69. The van der Waals surface area contributed by atoms with Crippen LogP contribution >= 0.6 is 22.6 Å². The summed E-state index contributed by atoms with van der Waals surface area (Å²) in [6, 6.07) is 11.9. The van der Waals surface area contributed by atoms with Gasteiger partial charge in [0.2, 0.25) is 0 Å². The van der Waals surface area contributed by atoms with Crippen LogP contribution in [0.4, 0.5) is 0 Å². The second kappa shape index (κ2) is 3.86. The number of fused-ring (bicyclic) bond motifs is 1. The highest BCUT2D eigenvalue weighted by molar-refractivity contribution is 14.1. The van der Waals surface area contributed by atoms with Gasteiger partial charge in [-0.3, -0.25) is 9.38 Å². The van der Waals surface area contributed by atoms with Crippen molar-refractivity contribution in [2.24, 2.45) is 0 Å². The quantitative estimate of drug-likeness (QED) is 0.645. The van der Waals surface area contributed by atoms with E-state index in [9.17, 15) is 0 Å². The maximum absolute atomic E-state index is 4.55. The van der Waals surface area contributed by atoms with E-state index in [1.165, 1.54) is 0 Å². The van der Waals surface area contributed by atoms with E-state index in [1.807, 2.05) is 36.5 Å². The number of aromatic nitrogens is 3. The van der Waals surface area contributed by atoms with Gasteiger partial charge in [0.15, 0.2) is 5.82 Å². The number of imidazole rings is 1. The lowest BCUT2D eigenvalue weighted by molar-refractivity contribution is 1.13. The Balaban J connectivity index is 2.33. The van der Waals surface area contributed by atoms with Crippen LogP contribution in [0.15, 0.2) is 48.8 Å². The minimum atomic E-state index is 0.889. The van der Waals surface area contributed by atoms with Gasteiger partial charge in [0.1, 0.15) is 9.39 Å². The molecular formula is C12H8IN3. The summed E-state index contributed by atoms with van der Waals surface area (Å²) in [5, 5.41) is 0. The molecular weight excluding hydrogens is 313 g/mol. The van der Waals surface area contributed by atoms with Crippen molar-refractivity contribution in [3.05, 3.63) is 52.5 Å². The molecule has 3 nitrogen and oxygen atoms in total. The number of hydrogen-bond acceptors (Lipinski definition) is 2. The molecule has 0 N–H and O–H groups in total. The average molecular weight is 321 g/mol. The first-order valence-corrected chi connectivity index (χ1v) is 5.98. The van der Waals surface area contributed by atoms with Gasteiger partial charge in [0.25, 0.3) is 0 Å². The van der Waals surface area contributed by atoms with Gasteiger partial charge in [0, 0.05) is 12.4 Å². The van der Waals surface area contributed by atoms with Gasteiger partial charge in [0.05, 0.1) is 5.52 Å². The van der Waals surface area contributed by atoms with E-state index in [-0.39, 0.29) is 0 Å². The maximum atomic E-state index is 4.55. The van der Waals surface area contributed by atoms with E-state index in [0.29, 0.717) is 0 Å². The molecule has 0 aliphatic heterocycles. The monoisotopic (exact) mass is 321 g/mol. The first-order chi connectivity index (χ1) is 7.86. The summed E-state index contributed by atoms with van der Waals surface area (Å²) >= 11 is 2.25. The molecule has 0 aromatic carbocycles. The lowest BCUT2D eigenvalue weighted by atomic mass is 10.3. The number of pyridine rings is 2. The number of halogens is 1. The van der Waals surface area contributed by atoms with Crippen LogP contribution in [0.5, 0.6) is 0 Å². The van der Waals surface area contributed by atoms with Gasteiger partial charge in [-0.1, -0.05) is 12.1 Å². The van der Waals surface area contributed by atoms with Gasteiger partial charge in [-0.25, -0.2) is 4.98 Å². The number of rotatable bonds is 1. The summed E-state index contributed by atoms with van der Waals surface area (Å²) < 4.78 is 3.06. The highest BCUT2D eigenvalue weighted by Gasteiger charge is 2.10. The lowest BCUT2D eigenvalue weighted by Crippen LogP contribution is -1.90. The first kappa shape index (κ1) is 9.77. The van der Waals surface area contributed by atoms with E-state index in [1.54, 1.807) is 6.20 Å². The van der Waals surface area contributed by atoms with E-state index < -0.39 is 0 Å². The number of nitrogens with zero attached hydrogens (tertiary/aromatic N) is 3. The van der Waals surface area contributed by atoms with Gasteiger partial charge in [-0.2, -0.15) is 0 Å². The molecule has 16 heavy (non-hydrogen) atoms. The third kappa shape index (κ3) is 1.49. The van der Waals surface area contributed by atoms with Crippen LogP contribution in [-0.2, 0) is 0 Å². The molecule has 3 heterocycles. The maximum Gasteiger partial charge on any atom is 0.164 e. The zero-order valence-corrected chi connectivity index (χ0v) is 10.5. The molecule has 3 aromatic heterocycles. The highest BCUT2D eigenvalue weighted by Crippen LogP contribution is 2.21. The fraction of sp³-hybridized carbons (Fsp3) is 0. The molecule has 0 bridgehead atoms. The van der Waals surface area contributed by atoms with E-state index in [0.717, 1.165) is 20.7 Å². The van der Waals surface area contributed by atoms with Crippen LogP contribution in [0, 0.1) is 3.70 Å². The minimum Gasteiger partial charge on any atom is -0.297 e. The van der Waals surface area contributed by atoms with Crippen molar-refractivity contribution in [3.8, 4) is 11.5 Å². The second-order valence-electron chi connectivity index (χ2n) is 3.40. The summed E-state index contributed by atoms with van der Waals surface area (Å²) in [5.74, 6) is 0.889.